The lowest BCUT2D eigenvalue weighted by Crippen LogP contribution is -2.26. The highest BCUT2D eigenvalue weighted by atomic mass is 19.3. The average Bonchev–Trinajstić information content (AvgIpc) is 2.86. The Hall–Kier alpha value is -3.75. The maximum Gasteiger partial charge on any atom is 0.251 e. The molecule has 0 saturated carbocycles. The van der Waals surface area contributed by atoms with Gasteiger partial charge in [0.2, 0.25) is 6.43 Å². The molecule has 0 spiro atoms. The highest BCUT2D eigenvalue weighted by molar-refractivity contribution is 6.45. The van der Waals surface area contributed by atoms with Crippen LogP contribution in [0.25, 0.3) is 5.57 Å². The Labute approximate surface area is 215 Å². The van der Waals surface area contributed by atoms with Crippen molar-refractivity contribution in [1.82, 2.24) is 5.32 Å². The molecule has 0 atom stereocenters. The van der Waals surface area contributed by atoms with Crippen molar-refractivity contribution < 1.29 is 22.4 Å². The van der Waals surface area contributed by atoms with E-state index in [0.717, 1.165) is 6.42 Å². The number of hydrogen-bond acceptors (Lipinski definition) is 3. The molecule has 0 aromatic heterocycles. The van der Waals surface area contributed by atoms with Crippen LogP contribution in [0.4, 0.5) is 23.2 Å². The van der Waals surface area contributed by atoms with E-state index in [1.54, 1.807) is 32.9 Å². The molecule has 1 amide bonds. The highest BCUT2D eigenvalue weighted by Gasteiger charge is 2.17. The van der Waals surface area contributed by atoms with Gasteiger partial charge in [-0.25, -0.2) is 22.6 Å². The normalized spacial score (nSPS) is 13.0. The number of allylic oxidation sites excluding steroid dienone is 2. The smallest absolute Gasteiger partial charge is 0.251 e. The van der Waals surface area contributed by atoms with Crippen molar-refractivity contribution in [1.29, 1.82) is 0 Å². The third-order valence-electron chi connectivity index (χ3n) is 5.37. The largest absolute Gasteiger partial charge is 0.352 e. The zero-order chi connectivity index (χ0) is 27.5. The summed E-state index contributed by atoms with van der Waals surface area (Å²) in [5, 5.41) is 5.76. The summed E-state index contributed by atoms with van der Waals surface area (Å²) < 4.78 is 54.8. The Bertz CT molecular complexity index is 1230. The standard InChI is InChI=1S/C28H32F4N4O/c1-6-12-33-27(19(5)35-16-18(4)22-10-8-17(3)25(31)26(22)32)36-21-9-11-23(28(37)34-13-7-2)20(14-21)15-24(29)30/h6,8-12,14,16,24H,7,13,15H2,1-5H3,(H,33,36)(H,34,37)/b12-6-,18-16+,35-19?. The second kappa shape index (κ2) is 14.1. The van der Waals surface area contributed by atoms with Crippen molar-refractivity contribution in [3.8, 4) is 0 Å². The number of hydrogen-bond donors (Lipinski definition) is 2. The number of carbonyl (C=O) groups excluding carboxylic acids is 1. The van der Waals surface area contributed by atoms with E-state index in [1.807, 2.05) is 6.92 Å². The van der Waals surface area contributed by atoms with Gasteiger partial charge in [-0.05, 0) is 69.0 Å². The van der Waals surface area contributed by atoms with Gasteiger partial charge in [0.1, 0.15) is 0 Å². The Kier molecular flexibility index (Phi) is 11.2. The van der Waals surface area contributed by atoms with E-state index >= 15 is 0 Å². The quantitative estimate of drug-likeness (QED) is 0.201. The van der Waals surface area contributed by atoms with E-state index in [2.05, 4.69) is 20.6 Å². The molecule has 0 aliphatic heterocycles. The van der Waals surface area contributed by atoms with Gasteiger partial charge in [-0.15, -0.1) is 0 Å². The van der Waals surface area contributed by atoms with Crippen molar-refractivity contribution in [2.24, 2.45) is 9.98 Å². The molecule has 9 heteroatoms. The molecule has 2 rings (SSSR count). The number of nitrogens with zero attached hydrogens (tertiary/aromatic N) is 2. The molecule has 0 aliphatic carbocycles. The summed E-state index contributed by atoms with van der Waals surface area (Å²) in [7, 11) is 0. The number of carbonyl (C=O) groups is 1. The van der Waals surface area contributed by atoms with Crippen LogP contribution < -0.4 is 10.6 Å². The number of benzene rings is 2. The zero-order valence-electron chi connectivity index (χ0n) is 21.6. The molecule has 37 heavy (non-hydrogen) atoms. The number of anilines is 1. The molecular formula is C28H32F4N4O. The van der Waals surface area contributed by atoms with Gasteiger partial charge in [-0.1, -0.05) is 25.1 Å². The maximum atomic E-state index is 14.3. The number of nitrogens with one attached hydrogen (secondary N) is 2. The molecule has 0 aliphatic rings. The third-order valence-corrected chi connectivity index (χ3v) is 5.37. The predicted molar refractivity (Wildman–Crippen MR) is 143 cm³/mol. The summed E-state index contributed by atoms with van der Waals surface area (Å²) in [4.78, 5) is 21.1. The molecule has 2 N–H and O–H groups in total. The number of amidine groups is 1. The first kappa shape index (κ1) is 29.5. The molecule has 0 heterocycles. The van der Waals surface area contributed by atoms with Crippen LogP contribution in [-0.2, 0) is 6.42 Å². The first-order chi connectivity index (χ1) is 17.6. The maximum absolute atomic E-state index is 14.3. The van der Waals surface area contributed by atoms with Crippen molar-refractivity contribution >= 4 is 28.7 Å². The zero-order valence-corrected chi connectivity index (χ0v) is 21.6. The molecular weight excluding hydrogens is 484 g/mol. The number of aryl methyl sites for hydroxylation is 1. The predicted octanol–water partition coefficient (Wildman–Crippen LogP) is 7.09. The van der Waals surface area contributed by atoms with Crippen LogP contribution in [0.15, 0.2) is 58.8 Å². The molecule has 0 radical (unpaired) electrons. The lowest BCUT2D eigenvalue weighted by molar-refractivity contribution is 0.0951. The summed E-state index contributed by atoms with van der Waals surface area (Å²) in [5.74, 6) is -1.96. The topological polar surface area (TPSA) is 65.8 Å². The summed E-state index contributed by atoms with van der Waals surface area (Å²) in [6.45, 7) is 8.87. The van der Waals surface area contributed by atoms with E-state index in [0.29, 0.717) is 29.4 Å². The molecule has 2 aromatic carbocycles. The molecule has 5 nitrogen and oxygen atoms in total. The van der Waals surface area contributed by atoms with Gasteiger partial charge in [0.15, 0.2) is 17.5 Å². The molecule has 0 saturated heterocycles. The summed E-state index contributed by atoms with van der Waals surface area (Å²) >= 11 is 0. The van der Waals surface area contributed by atoms with Gasteiger partial charge in [0, 0.05) is 42.2 Å². The van der Waals surface area contributed by atoms with Crippen LogP contribution in [0, 0.1) is 18.6 Å². The second-order valence-corrected chi connectivity index (χ2v) is 8.39. The second-order valence-electron chi connectivity index (χ2n) is 8.39. The minimum absolute atomic E-state index is 0.0909. The number of rotatable bonds is 10. The molecule has 2 aromatic rings. The number of amides is 1. The van der Waals surface area contributed by atoms with Crippen molar-refractivity contribution in [2.45, 2.75) is 53.9 Å². The highest BCUT2D eigenvalue weighted by Crippen LogP contribution is 2.23. The van der Waals surface area contributed by atoms with Crippen LogP contribution in [-0.4, -0.2) is 30.4 Å². The van der Waals surface area contributed by atoms with E-state index in [4.69, 9.17) is 0 Å². The minimum Gasteiger partial charge on any atom is -0.352 e. The van der Waals surface area contributed by atoms with E-state index < -0.39 is 30.4 Å². The van der Waals surface area contributed by atoms with Crippen LogP contribution in [0.5, 0.6) is 0 Å². The fourth-order valence-electron chi connectivity index (χ4n) is 3.34. The van der Waals surface area contributed by atoms with E-state index in [9.17, 15) is 22.4 Å². The fraction of sp³-hybridized carbons (Fsp3) is 0.321. The number of alkyl halides is 2. The molecule has 0 unspecified atom stereocenters. The van der Waals surface area contributed by atoms with Gasteiger partial charge in [-0.3, -0.25) is 9.79 Å². The van der Waals surface area contributed by atoms with E-state index in [1.165, 1.54) is 43.6 Å². The summed E-state index contributed by atoms with van der Waals surface area (Å²) in [6.07, 6.45) is 2.13. The minimum atomic E-state index is -2.63. The Morgan fingerprint density at radius 3 is 2.41 bits per heavy atom. The average molecular weight is 517 g/mol. The molecule has 0 fully saturated rings. The molecule has 198 valence electrons. The van der Waals surface area contributed by atoms with Gasteiger partial charge in [0.25, 0.3) is 5.91 Å². The monoisotopic (exact) mass is 516 g/mol. The molecule has 0 bridgehead atoms. The Morgan fingerprint density at radius 2 is 1.76 bits per heavy atom. The van der Waals surface area contributed by atoms with Crippen molar-refractivity contribution in [3.63, 3.8) is 0 Å². The first-order valence-electron chi connectivity index (χ1n) is 11.9. The van der Waals surface area contributed by atoms with E-state index in [-0.39, 0.29) is 22.3 Å². The van der Waals surface area contributed by atoms with Crippen LogP contribution in [0.3, 0.4) is 0 Å². The number of aliphatic imine (C=N–C) groups is 2. The van der Waals surface area contributed by atoms with Gasteiger partial charge >= 0.3 is 0 Å². The van der Waals surface area contributed by atoms with Gasteiger partial charge in [0.05, 0.1) is 5.71 Å². The number of halogens is 4. The fourth-order valence-corrected chi connectivity index (χ4v) is 3.34. The third kappa shape index (κ3) is 8.41. The first-order valence-corrected chi connectivity index (χ1v) is 11.9. The Morgan fingerprint density at radius 1 is 1.05 bits per heavy atom. The Balaban J connectivity index is 2.39. The lowest BCUT2D eigenvalue weighted by atomic mass is 10.0. The van der Waals surface area contributed by atoms with Crippen LogP contribution >= 0.6 is 0 Å². The summed E-state index contributed by atoms with van der Waals surface area (Å²) in [5.41, 5.74) is 1.93. The summed E-state index contributed by atoms with van der Waals surface area (Å²) in [6, 6.07) is 7.55. The van der Waals surface area contributed by atoms with Crippen molar-refractivity contribution in [2.75, 3.05) is 11.9 Å². The van der Waals surface area contributed by atoms with Gasteiger partial charge in [-0.2, -0.15) is 0 Å². The lowest BCUT2D eigenvalue weighted by Gasteiger charge is -2.14. The van der Waals surface area contributed by atoms with Crippen LogP contribution in [0.2, 0.25) is 0 Å². The van der Waals surface area contributed by atoms with Crippen molar-refractivity contribution in [3.05, 3.63) is 82.7 Å². The van der Waals surface area contributed by atoms with Crippen LogP contribution in [0.1, 0.15) is 61.2 Å². The SMILES string of the molecule is C/C=C\N=C(Nc1ccc(C(=O)NCCC)c(CC(F)F)c1)C(C)=N/C=C(\C)c1ccc(C)c(F)c1F. The van der Waals surface area contributed by atoms with Gasteiger partial charge < -0.3 is 10.6 Å².